The number of nitrogens with two attached hydrogens (primary N) is 1. The lowest BCUT2D eigenvalue weighted by Gasteiger charge is -2.17. The Labute approximate surface area is 196 Å². The summed E-state index contributed by atoms with van der Waals surface area (Å²) < 4.78 is 59.4. The summed E-state index contributed by atoms with van der Waals surface area (Å²) >= 11 is 0. The lowest BCUT2D eigenvalue weighted by molar-refractivity contribution is -2.00. The molecule has 0 aliphatic heterocycles. The van der Waals surface area contributed by atoms with Gasteiger partial charge in [-0.2, -0.15) is 4.57 Å². The Morgan fingerprint density at radius 1 is 0.758 bits per heavy atom. The van der Waals surface area contributed by atoms with Gasteiger partial charge in [0, 0.05) is 36.1 Å². The second-order valence-electron chi connectivity index (χ2n) is 8.02. The van der Waals surface area contributed by atoms with Crippen molar-refractivity contribution in [2.24, 2.45) is 5.14 Å². The van der Waals surface area contributed by atoms with Crippen molar-refractivity contribution in [2.75, 3.05) is 0 Å². The van der Waals surface area contributed by atoms with Gasteiger partial charge in [-0.1, -0.05) is 58.0 Å². The molecule has 0 spiro atoms. The van der Waals surface area contributed by atoms with E-state index in [9.17, 15) is 8.42 Å². The molecule has 0 radical (unpaired) electrons. The monoisotopic (exact) mass is 494 g/mol. The van der Waals surface area contributed by atoms with Crippen LogP contribution in [-0.2, 0) is 10.0 Å². The highest BCUT2D eigenvalue weighted by atomic mass is 35.7. The van der Waals surface area contributed by atoms with Crippen LogP contribution in [0.5, 0.6) is 0 Å². The van der Waals surface area contributed by atoms with Gasteiger partial charge in [0.05, 0.1) is 4.90 Å². The summed E-state index contributed by atoms with van der Waals surface area (Å²) in [5.74, 6) is 0.582. The van der Waals surface area contributed by atoms with Gasteiger partial charge in [0.15, 0.2) is 11.4 Å². The summed E-state index contributed by atoms with van der Waals surface area (Å²) in [6, 6.07) is 21.6. The highest BCUT2D eigenvalue weighted by molar-refractivity contribution is 7.89. The van der Waals surface area contributed by atoms with Crippen LogP contribution in [0.25, 0.3) is 16.8 Å². The Balaban J connectivity index is 0.000000696. The topological polar surface area (TPSA) is 156 Å². The highest BCUT2D eigenvalue weighted by Crippen LogP contribution is 2.27. The van der Waals surface area contributed by atoms with E-state index in [1.165, 1.54) is 22.5 Å². The van der Waals surface area contributed by atoms with Gasteiger partial charge in [-0.25, -0.2) is 32.2 Å². The molecule has 0 amide bonds. The molecule has 178 valence electrons. The molecular formula is C23H27ClN2O6S. The van der Waals surface area contributed by atoms with Gasteiger partial charge in [-0.3, -0.25) is 0 Å². The smallest absolute Gasteiger partial charge is 0.225 e. The van der Waals surface area contributed by atoms with Crippen molar-refractivity contribution in [1.82, 2.24) is 0 Å². The molecule has 0 unspecified atom stereocenters. The number of pyridine rings is 1. The van der Waals surface area contributed by atoms with E-state index in [1.54, 1.807) is 12.1 Å². The number of primary sulfonamides is 1. The second kappa shape index (κ2) is 10.7. The zero-order valence-electron chi connectivity index (χ0n) is 18.8. The lowest BCUT2D eigenvalue weighted by Crippen LogP contribution is -2.68. The van der Waals surface area contributed by atoms with Crippen LogP contribution in [0.15, 0.2) is 71.6 Å². The van der Waals surface area contributed by atoms with Crippen molar-refractivity contribution >= 4 is 10.0 Å². The van der Waals surface area contributed by atoms with E-state index in [0.29, 0.717) is 11.8 Å². The summed E-state index contributed by atoms with van der Waals surface area (Å²) in [6.07, 6.45) is 0. The van der Waals surface area contributed by atoms with Gasteiger partial charge in [0.25, 0.3) is 0 Å². The molecule has 2 N–H and O–H groups in total. The van der Waals surface area contributed by atoms with Crippen LogP contribution in [0.1, 0.15) is 50.9 Å². The number of hydrogen-bond donors (Lipinski definition) is 1. The first-order valence-electron chi connectivity index (χ1n) is 10.1. The SMILES string of the molecule is CC(C)c1cc(-c2ccccc2)cc(C(C)C)[n+]1-c1ccc(S(N)(=O)=O)cc1.[O-][Cl+3]([O-])([O-])[O-]. The quantitative estimate of drug-likeness (QED) is 0.482. The highest BCUT2D eigenvalue weighted by Gasteiger charge is 2.26. The minimum Gasteiger partial charge on any atom is -0.225 e. The van der Waals surface area contributed by atoms with Crippen molar-refractivity contribution < 1.29 is 41.9 Å². The molecular weight excluding hydrogens is 468 g/mol. The number of rotatable bonds is 5. The molecule has 0 saturated carbocycles. The molecule has 0 saturated heterocycles. The van der Waals surface area contributed by atoms with Gasteiger partial charge in [0.1, 0.15) is 0 Å². The molecule has 33 heavy (non-hydrogen) atoms. The Kier molecular flexibility index (Phi) is 8.72. The third-order valence-electron chi connectivity index (χ3n) is 4.84. The molecule has 0 bridgehead atoms. The number of hydrogen-bond acceptors (Lipinski definition) is 6. The predicted octanol–water partition coefficient (Wildman–Crippen LogP) is -0.231. The first-order valence-corrected chi connectivity index (χ1v) is 12.9. The molecule has 1 heterocycles. The van der Waals surface area contributed by atoms with Crippen molar-refractivity contribution in [3.05, 3.63) is 78.1 Å². The van der Waals surface area contributed by atoms with Crippen LogP contribution in [0, 0.1) is 10.2 Å². The average molecular weight is 495 g/mol. The Morgan fingerprint density at radius 3 is 1.55 bits per heavy atom. The van der Waals surface area contributed by atoms with E-state index in [2.05, 4.69) is 56.5 Å². The molecule has 3 aromatic rings. The van der Waals surface area contributed by atoms with Gasteiger partial charge in [0.2, 0.25) is 15.7 Å². The zero-order chi connectivity index (χ0) is 25.0. The molecule has 2 aromatic carbocycles. The Morgan fingerprint density at radius 2 is 1.18 bits per heavy atom. The number of halogens is 1. The predicted molar refractivity (Wildman–Crippen MR) is 113 cm³/mol. The fraction of sp³-hybridized carbons (Fsp3) is 0.261. The summed E-state index contributed by atoms with van der Waals surface area (Å²) in [4.78, 5) is 0.120. The third-order valence-corrected chi connectivity index (χ3v) is 5.77. The van der Waals surface area contributed by atoms with E-state index in [1.807, 2.05) is 30.3 Å². The number of aromatic nitrogens is 1. The maximum Gasteiger partial charge on any atom is 0.238 e. The maximum absolute atomic E-state index is 11.6. The van der Waals surface area contributed by atoms with Crippen LogP contribution in [0.4, 0.5) is 0 Å². The first kappa shape index (κ1) is 26.9. The summed E-state index contributed by atoms with van der Waals surface area (Å²) in [5, 5.41) is 5.25. The molecule has 1 aromatic heterocycles. The van der Waals surface area contributed by atoms with Crippen molar-refractivity contribution in [2.45, 2.75) is 44.4 Å². The van der Waals surface area contributed by atoms with Crippen LogP contribution >= 0.6 is 0 Å². The summed E-state index contributed by atoms with van der Waals surface area (Å²) in [7, 11) is -8.65. The average Bonchev–Trinajstić information content (AvgIpc) is 2.71. The molecule has 10 heteroatoms. The molecule has 0 fully saturated rings. The molecule has 3 rings (SSSR count). The molecule has 0 aliphatic rings. The second-order valence-corrected chi connectivity index (χ2v) is 10.3. The zero-order valence-corrected chi connectivity index (χ0v) is 20.3. The fourth-order valence-electron chi connectivity index (χ4n) is 3.37. The largest absolute Gasteiger partial charge is 0.238 e. The minimum absolute atomic E-state index is 0.120. The third kappa shape index (κ3) is 7.86. The van der Waals surface area contributed by atoms with Crippen molar-refractivity contribution in [1.29, 1.82) is 0 Å². The molecule has 0 aliphatic carbocycles. The van der Waals surface area contributed by atoms with E-state index in [-0.39, 0.29) is 4.90 Å². The van der Waals surface area contributed by atoms with Crippen LogP contribution < -0.4 is 28.3 Å². The lowest BCUT2D eigenvalue weighted by atomic mass is 9.96. The van der Waals surface area contributed by atoms with E-state index < -0.39 is 20.3 Å². The Bertz CT molecular complexity index is 1140. The maximum atomic E-state index is 11.6. The molecule has 8 nitrogen and oxygen atoms in total. The summed E-state index contributed by atoms with van der Waals surface area (Å²) in [6.45, 7) is 8.68. The Hall–Kier alpha value is -2.37. The van der Waals surface area contributed by atoms with Crippen molar-refractivity contribution in [3.63, 3.8) is 0 Å². The summed E-state index contributed by atoms with van der Waals surface area (Å²) in [5.41, 5.74) is 5.65. The van der Waals surface area contributed by atoms with Crippen LogP contribution in [0.2, 0.25) is 0 Å². The van der Waals surface area contributed by atoms with E-state index in [4.69, 9.17) is 23.8 Å². The van der Waals surface area contributed by atoms with Gasteiger partial charge in [-0.05, 0) is 23.3 Å². The van der Waals surface area contributed by atoms with Crippen LogP contribution in [-0.4, -0.2) is 8.42 Å². The van der Waals surface area contributed by atoms with Gasteiger partial charge < -0.3 is 0 Å². The normalized spacial score (nSPS) is 12.0. The number of benzene rings is 2. The standard InChI is InChI=1S/C23H27N2O2S.ClHO4/c1-16(2)22-14-19(18-8-6-5-7-9-18)15-23(17(3)4)25(22)20-10-12-21(13-11-20)28(24,26)27;2-1(3,4)5/h5-17H,1-4H3,(H2,24,26,27);(H,2,3,4,5)/q+1;/p-1. The number of nitrogens with zero attached hydrogens (tertiary/aromatic N) is 1. The fourth-order valence-corrected chi connectivity index (χ4v) is 3.88. The van der Waals surface area contributed by atoms with E-state index in [0.717, 1.165) is 5.69 Å². The number of sulfonamides is 1. The molecule has 0 atom stereocenters. The van der Waals surface area contributed by atoms with E-state index >= 15 is 0 Å². The van der Waals surface area contributed by atoms with Crippen LogP contribution in [0.3, 0.4) is 0 Å². The minimum atomic E-state index is -4.94. The van der Waals surface area contributed by atoms with Gasteiger partial charge in [-0.15, -0.1) is 10.2 Å². The van der Waals surface area contributed by atoms with Gasteiger partial charge >= 0.3 is 0 Å². The first-order chi connectivity index (χ1) is 15.2. The van der Waals surface area contributed by atoms with Crippen molar-refractivity contribution in [3.8, 4) is 16.8 Å².